The highest BCUT2D eigenvalue weighted by Gasteiger charge is 2.33. The van der Waals surface area contributed by atoms with Gasteiger partial charge >= 0.3 is 0 Å². The molecule has 3 rings (SSSR count). The summed E-state index contributed by atoms with van der Waals surface area (Å²) in [7, 11) is 0. The first-order chi connectivity index (χ1) is 10.1. The van der Waals surface area contributed by atoms with Gasteiger partial charge in [0.1, 0.15) is 5.82 Å². The Morgan fingerprint density at radius 1 is 1.05 bits per heavy atom. The minimum absolute atomic E-state index is 0.167. The third-order valence-corrected chi connectivity index (χ3v) is 4.29. The molecule has 2 heteroatoms. The van der Waals surface area contributed by atoms with Crippen molar-refractivity contribution in [2.45, 2.75) is 38.8 Å². The van der Waals surface area contributed by atoms with Crippen molar-refractivity contribution < 1.29 is 4.39 Å². The highest BCUT2D eigenvalue weighted by molar-refractivity contribution is 5.27. The molecule has 2 aromatic carbocycles. The zero-order valence-electron chi connectivity index (χ0n) is 12.6. The van der Waals surface area contributed by atoms with Gasteiger partial charge in [-0.1, -0.05) is 42.0 Å². The van der Waals surface area contributed by atoms with E-state index in [1.165, 1.54) is 29.5 Å². The Balaban J connectivity index is 1.77. The molecule has 1 aliphatic rings. The number of hydrogen-bond acceptors (Lipinski definition) is 1. The van der Waals surface area contributed by atoms with Gasteiger partial charge < -0.3 is 5.32 Å². The van der Waals surface area contributed by atoms with Crippen molar-refractivity contribution in [1.29, 1.82) is 0 Å². The molecular weight excluding hydrogens is 261 g/mol. The van der Waals surface area contributed by atoms with E-state index in [9.17, 15) is 4.39 Å². The quantitative estimate of drug-likeness (QED) is 0.820. The lowest BCUT2D eigenvalue weighted by Crippen LogP contribution is -2.26. The zero-order chi connectivity index (χ0) is 14.8. The second-order valence-corrected chi connectivity index (χ2v) is 6.17. The predicted molar refractivity (Wildman–Crippen MR) is 84.6 cm³/mol. The molecule has 1 unspecified atom stereocenters. The number of hydrogen-bond donors (Lipinski definition) is 1. The minimum atomic E-state index is -0.167. The van der Waals surface area contributed by atoms with Crippen LogP contribution in [0.2, 0.25) is 0 Å². The Morgan fingerprint density at radius 3 is 2.38 bits per heavy atom. The highest BCUT2D eigenvalue weighted by atomic mass is 19.1. The molecule has 2 aromatic rings. The van der Waals surface area contributed by atoms with E-state index in [-0.39, 0.29) is 5.82 Å². The molecule has 1 fully saturated rings. The number of aryl methyl sites for hydroxylation is 1. The van der Waals surface area contributed by atoms with E-state index in [0.717, 1.165) is 0 Å². The monoisotopic (exact) mass is 283 g/mol. The zero-order valence-corrected chi connectivity index (χ0v) is 12.6. The van der Waals surface area contributed by atoms with Gasteiger partial charge in [-0.05, 0) is 55.9 Å². The summed E-state index contributed by atoms with van der Waals surface area (Å²) < 4.78 is 13.1. The van der Waals surface area contributed by atoms with Crippen LogP contribution >= 0.6 is 0 Å². The van der Waals surface area contributed by atoms with Crippen LogP contribution in [0.25, 0.3) is 0 Å². The van der Waals surface area contributed by atoms with Crippen LogP contribution in [0.3, 0.4) is 0 Å². The Labute approximate surface area is 126 Å². The van der Waals surface area contributed by atoms with Crippen LogP contribution in [0.1, 0.15) is 48.5 Å². The van der Waals surface area contributed by atoms with Gasteiger partial charge in [0.15, 0.2) is 0 Å². The Bertz CT molecular complexity index is 601. The van der Waals surface area contributed by atoms with Crippen LogP contribution in [0.5, 0.6) is 0 Å². The molecule has 0 amide bonds. The lowest BCUT2D eigenvalue weighted by Gasteiger charge is -2.24. The molecule has 0 aliphatic heterocycles. The molecule has 1 N–H and O–H groups in total. The standard InChI is InChI=1S/C19H22FN/c1-13-4-3-5-17(12-13)14(2)21-19(15-6-7-15)16-8-10-18(20)11-9-16/h3-5,8-12,14-15,19,21H,6-7H2,1-2H3/t14-,19?/m0/s1. The molecular formula is C19H22FN. The molecule has 1 aliphatic carbocycles. The fourth-order valence-electron chi connectivity index (χ4n) is 2.91. The summed E-state index contributed by atoms with van der Waals surface area (Å²) in [6, 6.07) is 16.2. The van der Waals surface area contributed by atoms with Gasteiger partial charge in [0.05, 0.1) is 0 Å². The molecule has 21 heavy (non-hydrogen) atoms. The maximum Gasteiger partial charge on any atom is 0.123 e. The molecule has 1 nitrogen and oxygen atoms in total. The average molecular weight is 283 g/mol. The van der Waals surface area contributed by atoms with Crippen molar-refractivity contribution in [2.75, 3.05) is 0 Å². The SMILES string of the molecule is Cc1cccc([C@H](C)NC(c2ccc(F)cc2)C2CC2)c1. The van der Waals surface area contributed by atoms with Crippen molar-refractivity contribution >= 4 is 0 Å². The summed E-state index contributed by atoms with van der Waals surface area (Å²) >= 11 is 0. The second kappa shape index (κ2) is 5.98. The fraction of sp³-hybridized carbons (Fsp3) is 0.368. The lowest BCUT2D eigenvalue weighted by molar-refractivity contribution is 0.427. The lowest BCUT2D eigenvalue weighted by atomic mass is 9.99. The van der Waals surface area contributed by atoms with Gasteiger partial charge in [-0.2, -0.15) is 0 Å². The largest absolute Gasteiger partial charge is 0.303 e. The maximum absolute atomic E-state index is 13.1. The summed E-state index contributed by atoms with van der Waals surface area (Å²) in [6.45, 7) is 4.32. The first kappa shape index (κ1) is 14.3. The van der Waals surface area contributed by atoms with Gasteiger partial charge in [0, 0.05) is 12.1 Å². The number of benzene rings is 2. The molecule has 2 atom stereocenters. The number of nitrogens with one attached hydrogen (secondary N) is 1. The van der Waals surface area contributed by atoms with Crippen LogP contribution in [0, 0.1) is 18.7 Å². The molecule has 0 radical (unpaired) electrons. The van der Waals surface area contributed by atoms with E-state index in [2.05, 4.69) is 43.4 Å². The van der Waals surface area contributed by atoms with Crippen LogP contribution in [-0.4, -0.2) is 0 Å². The van der Waals surface area contributed by atoms with Crippen LogP contribution < -0.4 is 5.32 Å². The topological polar surface area (TPSA) is 12.0 Å². The molecule has 0 spiro atoms. The maximum atomic E-state index is 13.1. The van der Waals surface area contributed by atoms with Crippen molar-refractivity contribution in [2.24, 2.45) is 5.92 Å². The smallest absolute Gasteiger partial charge is 0.123 e. The first-order valence-corrected chi connectivity index (χ1v) is 7.71. The summed E-state index contributed by atoms with van der Waals surface area (Å²) in [4.78, 5) is 0. The Kier molecular flexibility index (Phi) is 4.07. The van der Waals surface area contributed by atoms with Gasteiger partial charge in [-0.15, -0.1) is 0 Å². The van der Waals surface area contributed by atoms with Crippen LogP contribution in [0.15, 0.2) is 48.5 Å². The Morgan fingerprint density at radius 2 is 1.76 bits per heavy atom. The summed E-state index contributed by atoms with van der Waals surface area (Å²) in [5.74, 6) is 0.516. The highest BCUT2D eigenvalue weighted by Crippen LogP contribution is 2.42. The van der Waals surface area contributed by atoms with Crippen molar-refractivity contribution in [3.8, 4) is 0 Å². The van der Waals surface area contributed by atoms with Crippen molar-refractivity contribution in [3.63, 3.8) is 0 Å². The third-order valence-electron chi connectivity index (χ3n) is 4.29. The van der Waals surface area contributed by atoms with Gasteiger partial charge in [-0.25, -0.2) is 4.39 Å². The molecule has 0 bridgehead atoms. The van der Waals surface area contributed by atoms with Gasteiger partial charge in [-0.3, -0.25) is 0 Å². The molecule has 0 aromatic heterocycles. The van der Waals surface area contributed by atoms with Gasteiger partial charge in [0.2, 0.25) is 0 Å². The van der Waals surface area contributed by atoms with Crippen molar-refractivity contribution in [3.05, 3.63) is 71.0 Å². The first-order valence-electron chi connectivity index (χ1n) is 7.71. The summed E-state index contributed by atoms with van der Waals surface area (Å²) in [6.07, 6.45) is 2.52. The van der Waals surface area contributed by atoms with E-state index in [1.807, 2.05) is 12.1 Å². The van der Waals surface area contributed by atoms with Crippen LogP contribution in [0.4, 0.5) is 4.39 Å². The van der Waals surface area contributed by atoms with Gasteiger partial charge in [0.25, 0.3) is 0 Å². The average Bonchev–Trinajstić information content (AvgIpc) is 3.30. The van der Waals surface area contributed by atoms with E-state index in [0.29, 0.717) is 18.0 Å². The molecule has 110 valence electrons. The normalized spacial score (nSPS) is 17.5. The van der Waals surface area contributed by atoms with Crippen molar-refractivity contribution in [1.82, 2.24) is 5.32 Å². The second-order valence-electron chi connectivity index (χ2n) is 6.17. The Hall–Kier alpha value is -1.67. The van der Waals surface area contributed by atoms with E-state index >= 15 is 0 Å². The van der Waals surface area contributed by atoms with E-state index in [4.69, 9.17) is 0 Å². The molecule has 0 heterocycles. The van der Waals surface area contributed by atoms with E-state index in [1.54, 1.807) is 12.1 Å². The van der Waals surface area contributed by atoms with Crippen LogP contribution in [-0.2, 0) is 0 Å². The molecule has 1 saturated carbocycles. The van der Waals surface area contributed by atoms with E-state index < -0.39 is 0 Å². The number of rotatable bonds is 5. The summed E-state index contributed by atoms with van der Waals surface area (Å²) in [5.41, 5.74) is 3.78. The molecule has 0 saturated heterocycles. The fourth-order valence-corrected chi connectivity index (χ4v) is 2.91. The summed E-state index contributed by atoms with van der Waals surface area (Å²) in [5, 5.41) is 3.74. The third kappa shape index (κ3) is 3.51. The predicted octanol–water partition coefficient (Wildman–Crippen LogP) is 4.94. The number of halogens is 1. The minimum Gasteiger partial charge on any atom is -0.303 e.